The van der Waals surface area contributed by atoms with Gasteiger partial charge in [0.15, 0.2) is 0 Å². The molecule has 0 nitrogen and oxygen atoms in total. The topological polar surface area (TPSA) is 0 Å². The summed E-state index contributed by atoms with van der Waals surface area (Å²) in [4.78, 5) is 0.826. The van der Waals surface area contributed by atoms with Crippen LogP contribution in [-0.2, 0) is 0 Å². The van der Waals surface area contributed by atoms with Crippen molar-refractivity contribution in [3.05, 3.63) is 0 Å². The average Bonchev–Trinajstić information content (AvgIpc) is 2.27. The number of hydrogen-bond donors (Lipinski definition) is 0. The Morgan fingerprint density at radius 1 is 1.17 bits per heavy atom. The van der Waals surface area contributed by atoms with E-state index in [0.29, 0.717) is 0 Å². The van der Waals surface area contributed by atoms with Crippen LogP contribution in [0.2, 0.25) is 0 Å². The first-order chi connectivity index (χ1) is 5.84. The molecule has 1 heteroatoms. The van der Waals surface area contributed by atoms with E-state index in [1.54, 1.807) is 0 Å². The van der Waals surface area contributed by atoms with E-state index in [1.807, 2.05) is 0 Å². The Bertz CT molecular complexity index is 112. The molecule has 1 saturated carbocycles. The molecule has 0 amide bonds. The molecule has 0 N–H and O–H groups in total. The summed E-state index contributed by atoms with van der Waals surface area (Å²) in [5, 5.41) is 0. The zero-order chi connectivity index (χ0) is 8.81. The van der Waals surface area contributed by atoms with Gasteiger partial charge in [-0.05, 0) is 25.2 Å². The van der Waals surface area contributed by atoms with E-state index >= 15 is 0 Å². The highest BCUT2D eigenvalue weighted by atomic mass is 79.9. The second kappa shape index (κ2) is 6.01. The van der Waals surface area contributed by atoms with E-state index in [0.717, 1.165) is 10.7 Å². The van der Waals surface area contributed by atoms with Gasteiger partial charge in [0.2, 0.25) is 0 Å². The van der Waals surface area contributed by atoms with Crippen LogP contribution in [0.3, 0.4) is 0 Å². The van der Waals surface area contributed by atoms with Gasteiger partial charge in [-0.25, -0.2) is 0 Å². The molecule has 2 atom stereocenters. The first-order valence-corrected chi connectivity index (χ1v) is 6.40. The standard InChI is InChI=1S/C11H21Br/c1-2-3-7-10-8-5-4-6-9-11(10)12/h10-11H,2-9H2,1H3. The Hall–Kier alpha value is 0.480. The van der Waals surface area contributed by atoms with E-state index in [9.17, 15) is 0 Å². The minimum Gasteiger partial charge on any atom is -0.0888 e. The average molecular weight is 233 g/mol. The molecular weight excluding hydrogens is 212 g/mol. The maximum atomic E-state index is 3.83. The van der Waals surface area contributed by atoms with Crippen molar-refractivity contribution in [2.24, 2.45) is 5.92 Å². The molecule has 0 heterocycles. The Morgan fingerprint density at radius 2 is 1.92 bits per heavy atom. The van der Waals surface area contributed by atoms with Crippen LogP contribution < -0.4 is 0 Å². The minimum atomic E-state index is 0.826. The Morgan fingerprint density at radius 3 is 2.67 bits per heavy atom. The number of unbranched alkanes of at least 4 members (excludes halogenated alkanes) is 1. The lowest BCUT2D eigenvalue weighted by molar-refractivity contribution is 0.428. The molecule has 0 aromatic heterocycles. The highest BCUT2D eigenvalue weighted by molar-refractivity contribution is 9.09. The summed E-state index contributed by atoms with van der Waals surface area (Å²) < 4.78 is 0. The normalized spacial score (nSPS) is 31.5. The third-order valence-corrected chi connectivity index (χ3v) is 4.20. The van der Waals surface area contributed by atoms with Crippen molar-refractivity contribution in [1.82, 2.24) is 0 Å². The van der Waals surface area contributed by atoms with Crippen LogP contribution in [-0.4, -0.2) is 4.83 Å². The zero-order valence-corrected chi connectivity index (χ0v) is 9.78. The molecule has 0 spiro atoms. The van der Waals surface area contributed by atoms with Crippen molar-refractivity contribution in [2.75, 3.05) is 0 Å². The maximum Gasteiger partial charge on any atom is 0.0174 e. The van der Waals surface area contributed by atoms with Gasteiger partial charge in [-0.3, -0.25) is 0 Å². The molecule has 1 aliphatic carbocycles. The lowest BCUT2D eigenvalue weighted by Crippen LogP contribution is -2.12. The quantitative estimate of drug-likeness (QED) is 0.496. The van der Waals surface area contributed by atoms with Crippen molar-refractivity contribution < 1.29 is 0 Å². The SMILES string of the molecule is CCCCC1CCCCCC1Br. The highest BCUT2D eigenvalue weighted by Crippen LogP contribution is 2.31. The Kier molecular flexibility index (Phi) is 5.29. The number of rotatable bonds is 3. The summed E-state index contributed by atoms with van der Waals surface area (Å²) >= 11 is 3.83. The van der Waals surface area contributed by atoms with Gasteiger partial charge in [0.1, 0.15) is 0 Å². The second-order valence-electron chi connectivity index (χ2n) is 4.06. The molecule has 0 saturated heterocycles. The lowest BCUT2D eigenvalue weighted by atomic mass is 9.94. The number of hydrogen-bond acceptors (Lipinski definition) is 0. The van der Waals surface area contributed by atoms with E-state index < -0.39 is 0 Å². The van der Waals surface area contributed by atoms with E-state index in [1.165, 1.54) is 51.4 Å². The van der Waals surface area contributed by atoms with Gasteiger partial charge in [-0.1, -0.05) is 55.0 Å². The van der Waals surface area contributed by atoms with Crippen molar-refractivity contribution in [2.45, 2.75) is 63.1 Å². The fourth-order valence-corrected chi connectivity index (χ4v) is 2.98. The Labute approximate surface area is 85.3 Å². The summed E-state index contributed by atoms with van der Waals surface area (Å²) in [5.74, 6) is 0.979. The van der Waals surface area contributed by atoms with Crippen molar-refractivity contribution >= 4 is 15.9 Å². The third kappa shape index (κ3) is 3.47. The monoisotopic (exact) mass is 232 g/mol. The maximum absolute atomic E-state index is 3.83. The molecule has 1 aliphatic rings. The van der Waals surface area contributed by atoms with Crippen LogP contribution in [0.25, 0.3) is 0 Å². The first kappa shape index (κ1) is 10.6. The lowest BCUT2D eigenvalue weighted by Gasteiger charge is -2.19. The number of alkyl halides is 1. The summed E-state index contributed by atoms with van der Waals surface area (Å²) in [6.45, 7) is 2.29. The molecule has 0 bridgehead atoms. The van der Waals surface area contributed by atoms with Crippen LogP contribution in [0.5, 0.6) is 0 Å². The molecule has 1 fully saturated rings. The van der Waals surface area contributed by atoms with E-state index in [-0.39, 0.29) is 0 Å². The van der Waals surface area contributed by atoms with Gasteiger partial charge in [-0.2, -0.15) is 0 Å². The fraction of sp³-hybridized carbons (Fsp3) is 1.00. The van der Waals surface area contributed by atoms with E-state index in [2.05, 4.69) is 22.9 Å². The van der Waals surface area contributed by atoms with Gasteiger partial charge in [0.05, 0.1) is 0 Å². The summed E-state index contributed by atoms with van der Waals surface area (Å²) in [7, 11) is 0. The fourth-order valence-electron chi connectivity index (χ4n) is 2.13. The molecule has 2 unspecified atom stereocenters. The second-order valence-corrected chi connectivity index (χ2v) is 5.23. The van der Waals surface area contributed by atoms with E-state index in [4.69, 9.17) is 0 Å². The molecular formula is C11H21Br. The van der Waals surface area contributed by atoms with Crippen LogP contribution in [0.1, 0.15) is 58.3 Å². The zero-order valence-electron chi connectivity index (χ0n) is 8.19. The predicted molar refractivity (Wildman–Crippen MR) is 58.8 cm³/mol. The molecule has 0 aromatic rings. The highest BCUT2D eigenvalue weighted by Gasteiger charge is 2.20. The van der Waals surface area contributed by atoms with Crippen molar-refractivity contribution in [3.63, 3.8) is 0 Å². The summed E-state index contributed by atoms with van der Waals surface area (Å²) in [5.41, 5.74) is 0. The van der Waals surface area contributed by atoms with Gasteiger partial charge in [-0.15, -0.1) is 0 Å². The summed E-state index contributed by atoms with van der Waals surface area (Å²) in [6, 6.07) is 0. The van der Waals surface area contributed by atoms with Gasteiger partial charge >= 0.3 is 0 Å². The minimum absolute atomic E-state index is 0.826. The third-order valence-electron chi connectivity index (χ3n) is 2.99. The van der Waals surface area contributed by atoms with Crippen molar-refractivity contribution in [1.29, 1.82) is 0 Å². The van der Waals surface area contributed by atoms with Gasteiger partial charge < -0.3 is 0 Å². The molecule has 0 aromatic carbocycles. The molecule has 0 aliphatic heterocycles. The van der Waals surface area contributed by atoms with Gasteiger partial charge in [0.25, 0.3) is 0 Å². The number of halogens is 1. The molecule has 72 valence electrons. The van der Waals surface area contributed by atoms with Crippen molar-refractivity contribution in [3.8, 4) is 0 Å². The molecule has 12 heavy (non-hydrogen) atoms. The Balaban J connectivity index is 2.26. The van der Waals surface area contributed by atoms with Crippen LogP contribution >= 0.6 is 15.9 Å². The summed E-state index contributed by atoms with van der Waals surface area (Å²) in [6.07, 6.45) is 11.5. The van der Waals surface area contributed by atoms with Crippen LogP contribution in [0, 0.1) is 5.92 Å². The smallest absolute Gasteiger partial charge is 0.0174 e. The van der Waals surface area contributed by atoms with Crippen LogP contribution in [0.15, 0.2) is 0 Å². The molecule has 1 rings (SSSR count). The van der Waals surface area contributed by atoms with Gasteiger partial charge in [0, 0.05) is 4.83 Å². The first-order valence-electron chi connectivity index (χ1n) is 5.48. The van der Waals surface area contributed by atoms with Crippen LogP contribution in [0.4, 0.5) is 0 Å². The largest absolute Gasteiger partial charge is 0.0888 e. The molecule has 0 radical (unpaired) electrons. The predicted octanol–water partition coefficient (Wildman–Crippen LogP) is 4.52.